The van der Waals surface area contributed by atoms with E-state index in [9.17, 15) is 14.5 Å². The molecule has 0 aliphatic heterocycles. The summed E-state index contributed by atoms with van der Waals surface area (Å²) in [5.74, 6) is -0.272. The maximum atomic E-state index is 14.1. The second kappa shape index (κ2) is 7.13. The molecule has 26 heavy (non-hydrogen) atoms. The zero-order chi connectivity index (χ0) is 18.7. The number of methoxy groups -OCH3 is 1. The summed E-state index contributed by atoms with van der Waals surface area (Å²) in [5.41, 5.74) is 0.0526. The van der Waals surface area contributed by atoms with Gasteiger partial charge in [-0.2, -0.15) is 9.37 Å². The molecule has 9 nitrogen and oxygen atoms in total. The van der Waals surface area contributed by atoms with Gasteiger partial charge in [0.1, 0.15) is 11.4 Å². The Bertz CT molecular complexity index is 932. The van der Waals surface area contributed by atoms with Gasteiger partial charge < -0.3 is 14.2 Å². The number of nitrogens with zero attached hydrogens (tertiary/aromatic N) is 5. The number of rotatable bonds is 6. The average molecular weight is 359 g/mol. The number of hydrogen-bond donors (Lipinski definition) is 0. The highest BCUT2D eigenvalue weighted by molar-refractivity contribution is 5.66. The van der Waals surface area contributed by atoms with Crippen LogP contribution in [0.15, 0.2) is 41.2 Å². The fourth-order valence-corrected chi connectivity index (χ4v) is 2.37. The van der Waals surface area contributed by atoms with Gasteiger partial charge >= 0.3 is 5.69 Å². The molecule has 0 atom stereocenters. The molecule has 0 aliphatic rings. The van der Waals surface area contributed by atoms with E-state index in [0.29, 0.717) is 11.4 Å². The van der Waals surface area contributed by atoms with E-state index < -0.39 is 16.4 Å². The van der Waals surface area contributed by atoms with Crippen molar-refractivity contribution in [1.29, 1.82) is 0 Å². The first-order valence-corrected chi connectivity index (χ1v) is 7.45. The highest BCUT2D eigenvalue weighted by Crippen LogP contribution is 2.35. The summed E-state index contributed by atoms with van der Waals surface area (Å²) >= 11 is 0. The van der Waals surface area contributed by atoms with Crippen LogP contribution in [0.3, 0.4) is 0 Å². The summed E-state index contributed by atoms with van der Waals surface area (Å²) in [6, 6.07) is 5.84. The van der Waals surface area contributed by atoms with E-state index >= 15 is 0 Å². The molecule has 0 saturated heterocycles. The first-order chi connectivity index (χ1) is 12.5. The highest BCUT2D eigenvalue weighted by atomic mass is 19.1. The Labute approximate surface area is 147 Å². The van der Waals surface area contributed by atoms with Gasteiger partial charge in [-0.1, -0.05) is 5.16 Å². The molecule has 134 valence electrons. The molecule has 0 saturated carbocycles. The molecular weight excluding hydrogens is 345 g/mol. The number of nitro benzene ring substituents is 1. The summed E-state index contributed by atoms with van der Waals surface area (Å²) in [4.78, 5) is 20.1. The Morgan fingerprint density at radius 2 is 2.23 bits per heavy atom. The molecule has 2 aromatic heterocycles. The maximum Gasteiger partial charge on any atom is 0.328 e. The van der Waals surface area contributed by atoms with Crippen LogP contribution < -0.4 is 9.64 Å². The first kappa shape index (κ1) is 17.3. The standard InChI is InChI=1S/C16H14FN5O4/c1-21(13-7-11(25-2)6-12(17)15(13)22(23)24)9-14-19-16(20-26-14)10-4-3-5-18-8-10/h3-8H,9H2,1-2H3. The van der Waals surface area contributed by atoms with Gasteiger partial charge in [-0.3, -0.25) is 15.1 Å². The summed E-state index contributed by atoms with van der Waals surface area (Å²) < 4.78 is 24.2. The van der Waals surface area contributed by atoms with E-state index in [4.69, 9.17) is 9.26 Å². The highest BCUT2D eigenvalue weighted by Gasteiger charge is 2.25. The van der Waals surface area contributed by atoms with Crippen molar-refractivity contribution in [2.45, 2.75) is 6.54 Å². The lowest BCUT2D eigenvalue weighted by molar-refractivity contribution is -0.386. The van der Waals surface area contributed by atoms with E-state index in [1.165, 1.54) is 18.1 Å². The molecule has 0 fully saturated rings. The fraction of sp³-hybridized carbons (Fsp3) is 0.188. The third-order valence-electron chi connectivity index (χ3n) is 3.61. The van der Waals surface area contributed by atoms with Crippen LogP contribution in [0.25, 0.3) is 11.4 Å². The van der Waals surface area contributed by atoms with Crippen molar-refractivity contribution in [3.8, 4) is 17.1 Å². The lowest BCUT2D eigenvalue weighted by atomic mass is 10.2. The molecule has 0 spiro atoms. The van der Waals surface area contributed by atoms with Gasteiger partial charge in [0.25, 0.3) is 0 Å². The van der Waals surface area contributed by atoms with Crippen LogP contribution in [0.1, 0.15) is 5.89 Å². The van der Waals surface area contributed by atoms with Crippen molar-refractivity contribution in [3.05, 3.63) is 58.5 Å². The largest absolute Gasteiger partial charge is 0.497 e. The van der Waals surface area contributed by atoms with Crippen molar-refractivity contribution in [2.75, 3.05) is 19.1 Å². The Kier molecular flexibility index (Phi) is 4.74. The number of anilines is 1. The lowest BCUT2D eigenvalue weighted by Crippen LogP contribution is -2.18. The van der Waals surface area contributed by atoms with Gasteiger partial charge in [0.15, 0.2) is 0 Å². The van der Waals surface area contributed by atoms with Crippen LogP contribution in [0.4, 0.5) is 15.8 Å². The van der Waals surface area contributed by atoms with Crippen LogP contribution in [-0.2, 0) is 6.54 Å². The van der Waals surface area contributed by atoms with Gasteiger partial charge in [-0.05, 0) is 12.1 Å². The van der Waals surface area contributed by atoms with E-state index in [0.717, 1.165) is 6.07 Å². The van der Waals surface area contributed by atoms with Crippen LogP contribution >= 0.6 is 0 Å². The molecule has 0 aliphatic carbocycles. The number of benzene rings is 1. The zero-order valence-corrected chi connectivity index (χ0v) is 13.9. The van der Waals surface area contributed by atoms with Crippen LogP contribution in [-0.4, -0.2) is 34.2 Å². The molecular formula is C16H14FN5O4. The van der Waals surface area contributed by atoms with Gasteiger partial charge in [0, 0.05) is 37.1 Å². The lowest BCUT2D eigenvalue weighted by Gasteiger charge is -2.18. The molecule has 10 heteroatoms. The monoisotopic (exact) mass is 359 g/mol. The fourth-order valence-electron chi connectivity index (χ4n) is 2.37. The van der Waals surface area contributed by atoms with E-state index in [-0.39, 0.29) is 23.9 Å². The predicted molar refractivity (Wildman–Crippen MR) is 89.2 cm³/mol. The van der Waals surface area contributed by atoms with E-state index in [2.05, 4.69) is 15.1 Å². The third kappa shape index (κ3) is 3.43. The Morgan fingerprint density at radius 3 is 2.88 bits per heavy atom. The van der Waals surface area contributed by atoms with Crippen molar-refractivity contribution >= 4 is 11.4 Å². The van der Waals surface area contributed by atoms with Crippen molar-refractivity contribution < 1.29 is 18.6 Å². The second-order valence-electron chi connectivity index (χ2n) is 5.34. The summed E-state index contributed by atoms with van der Waals surface area (Å²) in [6.07, 6.45) is 3.20. The Morgan fingerprint density at radius 1 is 1.42 bits per heavy atom. The van der Waals surface area contributed by atoms with Crippen LogP contribution in [0, 0.1) is 15.9 Å². The number of aromatic nitrogens is 3. The Balaban J connectivity index is 1.89. The normalized spacial score (nSPS) is 10.6. The van der Waals surface area contributed by atoms with Gasteiger partial charge in [-0.25, -0.2) is 0 Å². The van der Waals surface area contributed by atoms with Crippen LogP contribution in [0.2, 0.25) is 0 Å². The smallest absolute Gasteiger partial charge is 0.328 e. The van der Waals surface area contributed by atoms with Crippen molar-refractivity contribution in [2.24, 2.45) is 0 Å². The van der Waals surface area contributed by atoms with Gasteiger partial charge in [0.2, 0.25) is 17.5 Å². The van der Waals surface area contributed by atoms with E-state index in [1.54, 1.807) is 31.6 Å². The summed E-state index contributed by atoms with van der Waals surface area (Å²) in [7, 11) is 2.90. The maximum absolute atomic E-state index is 14.1. The minimum absolute atomic E-state index is 0.0352. The Hall–Kier alpha value is -3.56. The molecule has 1 aromatic carbocycles. The number of halogens is 1. The molecule has 0 N–H and O–H groups in total. The number of ether oxygens (including phenoxy) is 1. The number of pyridine rings is 1. The van der Waals surface area contributed by atoms with Gasteiger partial charge in [0.05, 0.1) is 18.6 Å². The molecule has 0 unspecified atom stereocenters. The summed E-state index contributed by atoms with van der Waals surface area (Å²) in [6.45, 7) is 0.0424. The zero-order valence-electron chi connectivity index (χ0n) is 13.9. The van der Waals surface area contributed by atoms with E-state index in [1.807, 2.05) is 0 Å². The molecule has 3 aromatic rings. The predicted octanol–water partition coefficient (Wildman–Crippen LogP) is 2.82. The quantitative estimate of drug-likeness (QED) is 0.488. The molecule has 0 bridgehead atoms. The molecule has 2 heterocycles. The minimum Gasteiger partial charge on any atom is -0.497 e. The van der Waals surface area contributed by atoms with Crippen LogP contribution in [0.5, 0.6) is 5.75 Å². The molecule has 0 amide bonds. The van der Waals surface area contributed by atoms with Gasteiger partial charge in [-0.15, -0.1) is 0 Å². The number of nitro groups is 1. The average Bonchev–Trinajstić information content (AvgIpc) is 3.09. The van der Waals surface area contributed by atoms with Crippen molar-refractivity contribution in [3.63, 3.8) is 0 Å². The number of hydrogen-bond acceptors (Lipinski definition) is 8. The molecule has 3 rings (SSSR count). The first-order valence-electron chi connectivity index (χ1n) is 7.45. The summed E-state index contributed by atoms with van der Waals surface area (Å²) in [5, 5.41) is 15.1. The third-order valence-corrected chi connectivity index (χ3v) is 3.61. The minimum atomic E-state index is -0.988. The topological polar surface area (TPSA) is 107 Å². The molecule has 0 radical (unpaired) electrons. The SMILES string of the molecule is COc1cc(F)c([N+](=O)[O-])c(N(C)Cc2nc(-c3cccnc3)no2)c1. The van der Waals surface area contributed by atoms with Crippen molar-refractivity contribution in [1.82, 2.24) is 15.1 Å². The second-order valence-corrected chi connectivity index (χ2v) is 5.34.